The van der Waals surface area contributed by atoms with Gasteiger partial charge in [0, 0.05) is 13.0 Å². The van der Waals surface area contributed by atoms with Crippen molar-refractivity contribution >= 4 is 5.91 Å². The molecule has 1 amide bonds. The second-order valence-electron chi connectivity index (χ2n) is 8.15. The first-order valence-corrected chi connectivity index (χ1v) is 8.70. The first-order valence-electron chi connectivity index (χ1n) is 8.70. The number of benzene rings is 1. The van der Waals surface area contributed by atoms with Gasteiger partial charge in [-0.1, -0.05) is 58.9 Å². The van der Waals surface area contributed by atoms with Gasteiger partial charge in [0.05, 0.1) is 12.2 Å². The Morgan fingerprint density at radius 3 is 2.26 bits per heavy atom. The molecule has 1 aromatic carbocycles. The summed E-state index contributed by atoms with van der Waals surface area (Å²) < 4.78 is 6.32. The van der Waals surface area contributed by atoms with Gasteiger partial charge in [-0.25, -0.2) is 0 Å². The van der Waals surface area contributed by atoms with Crippen molar-refractivity contribution in [1.82, 2.24) is 5.32 Å². The quantitative estimate of drug-likeness (QED) is 0.899. The lowest BCUT2D eigenvalue weighted by molar-refractivity contribution is -0.123. The van der Waals surface area contributed by atoms with E-state index in [-0.39, 0.29) is 29.6 Å². The first kappa shape index (κ1) is 18.0. The maximum Gasteiger partial charge on any atom is 0.217 e. The Labute approximate surface area is 140 Å². The van der Waals surface area contributed by atoms with E-state index < -0.39 is 0 Å². The largest absolute Gasteiger partial charge is 0.370 e. The maximum atomic E-state index is 11.4. The summed E-state index contributed by atoms with van der Waals surface area (Å²) in [6.07, 6.45) is 1.99. The van der Waals surface area contributed by atoms with Gasteiger partial charge < -0.3 is 10.1 Å². The Balaban J connectivity index is 2.17. The third-order valence-corrected chi connectivity index (χ3v) is 4.65. The molecule has 128 valence electrons. The molecule has 0 spiro atoms. The molecule has 3 nitrogen and oxygen atoms in total. The highest BCUT2D eigenvalue weighted by Gasteiger charge is 2.32. The molecule has 2 rings (SSSR count). The summed E-state index contributed by atoms with van der Waals surface area (Å²) in [6, 6.07) is 8.95. The predicted molar refractivity (Wildman–Crippen MR) is 94.4 cm³/mol. The molecule has 1 aliphatic rings. The topological polar surface area (TPSA) is 38.3 Å². The number of hydrogen-bond donors (Lipinski definition) is 1. The van der Waals surface area contributed by atoms with Gasteiger partial charge in [-0.05, 0) is 35.3 Å². The number of ether oxygens (including phenoxy) is 1. The van der Waals surface area contributed by atoms with Crippen molar-refractivity contribution in [2.75, 3.05) is 0 Å². The molecule has 3 atom stereocenters. The lowest BCUT2D eigenvalue weighted by Gasteiger charge is -2.38. The van der Waals surface area contributed by atoms with Gasteiger partial charge in [0.1, 0.15) is 0 Å². The van der Waals surface area contributed by atoms with E-state index in [1.54, 1.807) is 6.92 Å². The first-order chi connectivity index (χ1) is 10.7. The summed E-state index contributed by atoms with van der Waals surface area (Å²) in [6.45, 7) is 12.6. The van der Waals surface area contributed by atoms with Crippen LogP contribution in [-0.2, 0) is 14.9 Å². The second kappa shape index (κ2) is 7.04. The van der Waals surface area contributed by atoms with E-state index in [1.807, 2.05) is 0 Å². The van der Waals surface area contributed by atoms with E-state index >= 15 is 0 Å². The number of hydrogen-bond acceptors (Lipinski definition) is 2. The molecular formula is C20H31NO2. The van der Waals surface area contributed by atoms with Gasteiger partial charge in [-0.3, -0.25) is 4.79 Å². The van der Waals surface area contributed by atoms with Crippen molar-refractivity contribution in [2.45, 2.75) is 78.0 Å². The van der Waals surface area contributed by atoms with Crippen molar-refractivity contribution in [3.8, 4) is 0 Å². The SMILES string of the molecule is CC(=O)N[C@H]1C[C@@H](c2ccc(C(C)(C)C)cc2)O[C@@H](C(C)C)C1. The lowest BCUT2D eigenvalue weighted by Crippen LogP contribution is -2.43. The zero-order chi connectivity index (χ0) is 17.2. The van der Waals surface area contributed by atoms with Crippen LogP contribution in [0.4, 0.5) is 0 Å². The fourth-order valence-corrected chi connectivity index (χ4v) is 3.20. The molecule has 1 aliphatic heterocycles. The van der Waals surface area contributed by atoms with Gasteiger partial charge >= 0.3 is 0 Å². The van der Waals surface area contributed by atoms with Crippen LogP contribution >= 0.6 is 0 Å². The van der Waals surface area contributed by atoms with E-state index in [4.69, 9.17) is 4.74 Å². The van der Waals surface area contributed by atoms with E-state index in [0.717, 1.165) is 12.8 Å². The van der Waals surface area contributed by atoms with Crippen LogP contribution in [0.3, 0.4) is 0 Å². The van der Waals surface area contributed by atoms with Gasteiger partial charge in [0.15, 0.2) is 0 Å². The Morgan fingerprint density at radius 1 is 1.17 bits per heavy atom. The molecule has 0 aromatic heterocycles. The van der Waals surface area contributed by atoms with Crippen LogP contribution in [-0.4, -0.2) is 18.1 Å². The molecule has 23 heavy (non-hydrogen) atoms. The molecule has 0 radical (unpaired) electrons. The van der Waals surface area contributed by atoms with Gasteiger partial charge in [0.2, 0.25) is 5.91 Å². The minimum absolute atomic E-state index is 0.0428. The Bertz CT molecular complexity index is 528. The smallest absolute Gasteiger partial charge is 0.217 e. The highest BCUT2D eigenvalue weighted by molar-refractivity contribution is 5.73. The van der Waals surface area contributed by atoms with Gasteiger partial charge in [-0.15, -0.1) is 0 Å². The summed E-state index contributed by atoms with van der Waals surface area (Å²) in [5.41, 5.74) is 2.69. The zero-order valence-electron chi connectivity index (χ0n) is 15.3. The van der Waals surface area contributed by atoms with E-state index in [2.05, 4.69) is 64.2 Å². The number of carbonyl (C=O) groups excluding carboxylic acids is 1. The van der Waals surface area contributed by atoms with Crippen molar-refractivity contribution < 1.29 is 9.53 Å². The van der Waals surface area contributed by atoms with E-state index in [1.165, 1.54) is 11.1 Å². The van der Waals surface area contributed by atoms with Crippen LogP contribution in [0.15, 0.2) is 24.3 Å². The van der Waals surface area contributed by atoms with Crippen molar-refractivity contribution in [3.63, 3.8) is 0 Å². The predicted octanol–water partition coefficient (Wildman–Crippen LogP) is 4.36. The maximum absolute atomic E-state index is 11.4. The summed E-state index contributed by atoms with van der Waals surface area (Å²) in [5.74, 6) is 0.490. The van der Waals surface area contributed by atoms with Gasteiger partial charge in [-0.2, -0.15) is 0 Å². The summed E-state index contributed by atoms with van der Waals surface area (Å²) in [5, 5.41) is 3.08. The average Bonchev–Trinajstić information content (AvgIpc) is 2.45. The molecule has 0 saturated carbocycles. The zero-order valence-corrected chi connectivity index (χ0v) is 15.3. The Hall–Kier alpha value is -1.35. The lowest BCUT2D eigenvalue weighted by atomic mass is 9.85. The minimum atomic E-state index is 0.0428. The van der Waals surface area contributed by atoms with Crippen LogP contribution in [0.2, 0.25) is 0 Å². The number of carbonyl (C=O) groups is 1. The number of nitrogens with one attached hydrogen (secondary N) is 1. The molecule has 0 aliphatic carbocycles. The Kier molecular flexibility index (Phi) is 5.51. The minimum Gasteiger partial charge on any atom is -0.370 e. The van der Waals surface area contributed by atoms with Crippen LogP contribution in [0.5, 0.6) is 0 Å². The van der Waals surface area contributed by atoms with Crippen LogP contribution < -0.4 is 5.32 Å². The Morgan fingerprint density at radius 2 is 1.78 bits per heavy atom. The molecule has 1 heterocycles. The van der Waals surface area contributed by atoms with E-state index in [9.17, 15) is 4.79 Å². The summed E-state index contributed by atoms with van der Waals surface area (Å²) in [4.78, 5) is 11.4. The number of amides is 1. The fourth-order valence-electron chi connectivity index (χ4n) is 3.20. The van der Waals surface area contributed by atoms with Crippen LogP contribution in [0.25, 0.3) is 0 Å². The normalized spacial score (nSPS) is 25.4. The molecule has 0 bridgehead atoms. The van der Waals surface area contributed by atoms with Gasteiger partial charge in [0.25, 0.3) is 0 Å². The molecule has 0 unspecified atom stereocenters. The molecule has 1 aromatic rings. The van der Waals surface area contributed by atoms with Crippen molar-refractivity contribution in [2.24, 2.45) is 5.92 Å². The standard InChI is InChI=1S/C20H31NO2/c1-13(2)18-11-17(21-14(3)22)12-19(23-18)15-7-9-16(10-8-15)20(4,5)6/h7-10,13,17-19H,11-12H2,1-6H3,(H,21,22)/t17-,18-,19+/m1/s1. The highest BCUT2D eigenvalue weighted by Crippen LogP contribution is 2.35. The van der Waals surface area contributed by atoms with Crippen molar-refractivity contribution in [1.29, 1.82) is 0 Å². The number of rotatable bonds is 3. The summed E-state index contributed by atoms with van der Waals surface area (Å²) >= 11 is 0. The second-order valence-corrected chi connectivity index (χ2v) is 8.15. The molecular weight excluding hydrogens is 286 g/mol. The molecule has 1 saturated heterocycles. The van der Waals surface area contributed by atoms with Crippen molar-refractivity contribution in [3.05, 3.63) is 35.4 Å². The highest BCUT2D eigenvalue weighted by atomic mass is 16.5. The third kappa shape index (κ3) is 4.81. The van der Waals surface area contributed by atoms with Crippen LogP contribution in [0.1, 0.15) is 71.6 Å². The molecule has 3 heteroatoms. The fraction of sp³-hybridized carbons (Fsp3) is 0.650. The summed E-state index contributed by atoms with van der Waals surface area (Å²) in [7, 11) is 0. The third-order valence-electron chi connectivity index (χ3n) is 4.65. The molecule has 1 N–H and O–H groups in total. The molecule has 1 fully saturated rings. The monoisotopic (exact) mass is 317 g/mol. The average molecular weight is 317 g/mol. The van der Waals surface area contributed by atoms with Crippen LogP contribution in [0, 0.1) is 5.92 Å². The van der Waals surface area contributed by atoms with E-state index in [0.29, 0.717) is 5.92 Å².